The molecule has 0 saturated heterocycles. The molecule has 0 spiro atoms. The minimum absolute atomic E-state index is 0.225. The molecule has 0 radical (unpaired) electrons. The van der Waals surface area contributed by atoms with Crippen LogP contribution in [0.5, 0.6) is 23.0 Å². The highest BCUT2D eigenvalue weighted by atomic mass is 32.1. The normalized spacial score (nSPS) is 11.9. The van der Waals surface area contributed by atoms with Crippen LogP contribution in [0.15, 0.2) is 84.9 Å². The van der Waals surface area contributed by atoms with Crippen LogP contribution in [-0.2, 0) is 10.8 Å². The molecule has 0 fully saturated rings. The van der Waals surface area contributed by atoms with E-state index < -0.39 is 0 Å². The molecule has 5 rings (SSSR count). The minimum Gasteiger partial charge on any atom is -0.507 e. The lowest BCUT2D eigenvalue weighted by atomic mass is 9.83. The summed E-state index contributed by atoms with van der Waals surface area (Å²) < 4.78 is 11.5. The first-order chi connectivity index (χ1) is 20.3. The number of rotatable bonds is 6. The molecule has 0 saturated carbocycles. The standard InChI is InChI=1S/C38H40O4S/c1-37(2,3)29-21-25(41-7)19-27(33(29)39)35-31(23-15-11-9-12-16-23)32(24-17-13-10-14-18-24)36(43-35)28-20-26(42-8)22-30(34(28)40)38(4,5)6/h9-22,39-40H,1-8H3. The van der Waals surface area contributed by atoms with Gasteiger partial charge in [-0.1, -0.05) is 102 Å². The van der Waals surface area contributed by atoms with Crippen LogP contribution < -0.4 is 9.47 Å². The van der Waals surface area contributed by atoms with Crippen LogP contribution in [0.3, 0.4) is 0 Å². The molecule has 0 atom stereocenters. The molecule has 5 aromatic rings. The average molecular weight is 593 g/mol. The zero-order chi connectivity index (χ0) is 31.1. The smallest absolute Gasteiger partial charge is 0.128 e. The third-order valence-corrected chi connectivity index (χ3v) is 9.03. The molecule has 222 valence electrons. The van der Waals surface area contributed by atoms with Gasteiger partial charge in [0.25, 0.3) is 0 Å². The number of benzene rings is 4. The highest BCUT2D eigenvalue weighted by Crippen LogP contribution is 2.57. The summed E-state index contributed by atoms with van der Waals surface area (Å²) in [7, 11) is 3.30. The van der Waals surface area contributed by atoms with Gasteiger partial charge in [0.15, 0.2) is 0 Å². The van der Waals surface area contributed by atoms with E-state index in [0.717, 1.165) is 43.1 Å². The Balaban J connectivity index is 1.99. The molecule has 0 aliphatic heterocycles. The van der Waals surface area contributed by atoms with E-state index >= 15 is 0 Å². The van der Waals surface area contributed by atoms with E-state index in [4.69, 9.17) is 9.47 Å². The van der Waals surface area contributed by atoms with Gasteiger partial charge < -0.3 is 19.7 Å². The fourth-order valence-corrected chi connectivity index (χ4v) is 6.89. The van der Waals surface area contributed by atoms with Gasteiger partial charge in [-0.3, -0.25) is 0 Å². The van der Waals surface area contributed by atoms with Crippen molar-refractivity contribution >= 4 is 11.3 Å². The van der Waals surface area contributed by atoms with Crippen LogP contribution in [0.4, 0.5) is 0 Å². The monoisotopic (exact) mass is 592 g/mol. The maximum atomic E-state index is 11.9. The van der Waals surface area contributed by atoms with Gasteiger partial charge >= 0.3 is 0 Å². The van der Waals surface area contributed by atoms with Gasteiger partial charge in [-0.2, -0.15) is 0 Å². The number of thiophene rings is 1. The molecule has 0 aliphatic rings. The summed E-state index contributed by atoms with van der Waals surface area (Å²) in [4.78, 5) is 1.78. The SMILES string of the molecule is COc1cc(-c2sc(-c3cc(OC)cc(C(C)(C)C)c3O)c(-c3ccccc3)c2-c2ccccc2)c(O)c(C(C)(C)C)c1. The number of phenolic OH excluding ortho intramolecular Hbond substituents is 2. The number of phenols is 2. The number of hydrogen-bond donors (Lipinski definition) is 2. The molecule has 0 amide bonds. The molecule has 1 aromatic heterocycles. The molecule has 1 heterocycles. The van der Waals surface area contributed by atoms with Crippen molar-refractivity contribution in [3.63, 3.8) is 0 Å². The largest absolute Gasteiger partial charge is 0.507 e. The Bertz CT molecular complexity index is 1630. The van der Waals surface area contributed by atoms with Crippen LogP contribution in [-0.4, -0.2) is 24.4 Å². The van der Waals surface area contributed by atoms with E-state index in [1.807, 2.05) is 60.7 Å². The number of ether oxygens (including phenoxy) is 2. The zero-order valence-electron chi connectivity index (χ0n) is 26.2. The summed E-state index contributed by atoms with van der Waals surface area (Å²) in [6, 6.07) is 28.1. The molecule has 43 heavy (non-hydrogen) atoms. The van der Waals surface area contributed by atoms with Gasteiger partial charge in [-0.05, 0) is 46.2 Å². The van der Waals surface area contributed by atoms with Gasteiger partial charge in [0.1, 0.15) is 23.0 Å². The molecule has 0 bridgehead atoms. The summed E-state index contributed by atoms with van der Waals surface area (Å²) in [6.45, 7) is 12.5. The third-order valence-electron chi connectivity index (χ3n) is 7.78. The molecular weight excluding hydrogens is 552 g/mol. The number of methoxy groups -OCH3 is 2. The second-order valence-corrected chi connectivity index (χ2v) is 13.9. The Morgan fingerprint density at radius 3 is 1.19 bits per heavy atom. The summed E-state index contributed by atoms with van der Waals surface area (Å²) in [5, 5.41) is 23.8. The Kier molecular flexibility index (Phi) is 8.06. The van der Waals surface area contributed by atoms with Gasteiger partial charge in [-0.15, -0.1) is 11.3 Å². The second-order valence-electron chi connectivity index (χ2n) is 12.9. The molecule has 0 aliphatic carbocycles. The van der Waals surface area contributed by atoms with E-state index in [-0.39, 0.29) is 22.3 Å². The van der Waals surface area contributed by atoms with Crippen LogP contribution in [0.2, 0.25) is 0 Å². The maximum Gasteiger partial charge on any atom is 0.128 e. The molecule has 0 unspecified atom stereocenters. The fourth-order valence-electron chi connectivity index (χ4n) is 5.51. The van der Waals surface area contributed by atoms with Crippen LogP contribution >= 0.6 is 11.3 Å². The first-order valence-corrected chi connectivity index (χ1v) is 15.3. The van der Waals surface area contributed by atoms with E-state index in [0.29, 0.717) is 22.6 Å². The predicted molar refractivity (Wildman–Crippen MR) is 180 cm³/mol. The van der Waals surface area contributed by atoms with E-state index in [1.54, 1.807) is 25.6 Å². The quantitative estimate of drug-likeness (QED) is 0.206. The Labute approximate surface area is 259 Å². The van der Waals surface area contributed by atoms with Crippen molar-refractivity contribution in [2.24, 2.45) is 0 Å². The second kappa shape index (κ2) is 11.5. The summed E-state index contributed by atoms with van der Waals surface area (Å²) >= 11 is 1.56. The summed E-state index contributed by atoms with van der Waals surface area (Å²) in [5.41, 5.74) is 6.32. The van der Waals surface area contributed by atoms with Gasteiger partial charge in [0.05, 0.1) is 14.2 Å². The predicted octanol–water partition coefficient (Wildman–Crippen LogP) is 10.4. The van der Waals surface area contributed by atoms with E-state index in [1.165, 1.54) is 0 Å². The van der Waals surface area contributed by atoms with Crippen LogP contribution in [0, 0.1) is 0 Å². The molecule has 2 N–H and O–H groups in total. The number of hydrogen-bond acceptors (Lipinski definition) is 5. The Morgan fingerprint density at radius 2 is 0.884 bits per heavy atom. The first-order valence-electron chi connectivity index (χ1n) is 14.5. The lowest BCUT2D eigenvalue weighted by molar-refractivity contribution is 0.406. The van der Waals surface area contributed by atoms with E-state index in [2.05, 4.69) is 65.8 Å². The summed E-state index contributed by atoms with van der Waals surface area (Å²) in [6.07, 6.45) is 0. The lowest BCUT2D eigenvalue weighted by Crippen LogP contribution is -2.12. The van der Waals surface area contributed by atoms with Crippen molar-refractivity contribution in [1.82, 2.24) is 0 Å². The van der Waals surface area contributed by atoms with Crippen molar-refractivity contribution in [2.45, 2.75) is 52.4 Å². The van der Waals surface area contributed by atoms with Crippen LogP contribution in [0.25, 0.3) is 43.1 Å². The Morgan fingerprint density at radius 1 is 0.535 bits per heavy atom. The third kappa shape index (κ3) is 5.74. The molecule has 4 aromatic carbocycles. The summed E-state index contributed by atoms with van der Waals surface area (Å²) in [5.74, 6) is 1.80. The molecule has 5 heteroatoms. The van der Waals surface area contributed by atoms with E-state index in [9.17, 15) is 10.2 Å². The molecule has 4 nitrogen and oxygen atoms in total. The molecular formula is C38H40O4S. The highest BCUT2D eigenvalue weighted by Gasteiger charge is 2.31. The fraction of sp³-hybridized carbons (Fsp3) is 0.263. The lowest BCUT2D eigenvalue weighted by Gasteiger charge is -2.23. The zero-order valence-corrected chi connectivity index (χ0v) is 27.0. The van der Waals surface area contributed by atoms with Crippen molar-refractivity contribution in [3.8, 4) is 66.1 Å². The van der Waals surface area contributed by atoms with Crippen molar-refractivity contribution in [1.29, 1.82) is 0 Å². The minimum atomic E-state index is -0.324. The van der Waals surface area contributed by atoms with Crippen LogP contribution in [0.1, 0.15) is 52.7 Å². The Hall–Kier alpha value is -4.22. The van der Waals surface area contributed by atoms with Gasteiger partial charge in [0, 0.05) is 43.1 Å². The van der Waals surface area contributed by atoms with Gasteiger partial charge in [0.2, 0.25) is 0 Å². The maximum absolute atomic E-state index is 11.9. The number of aromatic hydroxyl groups is 2. The van der Waals surface area contributed by atoms with Gasteiger partial charge in [-0.25, -0.2) is 0 Å². The van der Waals surface area contributed by atoms with Crippen molar-refractivity contribution in [2.75, 3.05) is 14.2 Å². The van der Waals surface area contributed by atoms with Crippen molar-refractivity contribution in [3.05, 3.63) is 96.1 Å². The van der Waals surface area contributed by atoms with Crippen molar-refractivity contribution < 1.29 is 19.7 Å². The topological polar surface area (TPSA) is 58.9 Å². The first kappa shape index (κ1) is 30.2. The average Bonchev–Trinajstić information content (AvgIpc) is 3.37. The highest BCUT2D eigenvalue weighted by molar-refractivity contribution is 7.20.